The Bertz CT molecular complexity index is 867. The van der Waals surface area contributed by atoms with Crippen LogP contribution in [-0.2, 0) is 26.5 Å². The SMILES string of the molecule is C[C@@]1(c2cc(NC(=O)OCc3ccccc3)ccc2F)CC(=O)CC(=O)N1. The molecule has 1 heterocycles. The minimum atomic E-state index is -1.16. The molecule has 0 bridgehead atoms. The number of rotatable bonds is 4. The van der Waals surface area contributed by atoms with E-state index in [0.717, 1.165) is 5.56 Å². The van der Waals surface area contributed by atoms with Gasteiger partial charge in [-0.15, -0.1) is 0 Å². The highest BCUT2D eigenvalue weighted by atomic mass is 19.1. The van der Waals surface area contributed by atoms with Gasteiger partial charge >= 0.3 is 6.09 Å². The molecule has 2 aromatic carbocycles. The highest BCUT2D eigenvalue weighted by molar-refractivity contribution is 6.01. The Morgan fingerprint density at radius 1 is 1.22 bits per heavy atom. The molecule has 1 saturated heterocycles. The van der Waals surface area contributed by atoms with Crippen molar-refractivity contribution in [2.75, 3.05) is 5.32 Å². The van der Waals surface area contributed by atoms with Crippen LogP contribution in [0, 0.1) is 5.82 Å². The first kappa shape index (κ1) is 18.6. The maximum Gasteiger partial charge on any atom is 0.411 e. The van der Waals surface area contributed by atoms with E-state index in [2.05, 4.69) is 10.6 Å². The van der Waals surface area contributed by atoms with Gasteiger partial charge in [-0.25, -0.2) is 9.18 Å². The zero-order valence-electron chi connectivity index (χ0n) is 14.8. The van der Waals surface area contributed by atoms with Gasteiger partial charge in [0.05, 0.1) is 12.0 Å². The summed E-state index contributed by atoms with van der Waals surface area (Å²) in [6, 6.07) is 13.2. The summed E-state index contributed by atoms with van der Waals surface area (Å²) in [5, 5.41) is 5.20. The predicted molar refractivity (Wildman–Crippen MR) is 96.4 cm³/mol. The molecule has 0 radical (unpaired) electrons. The highest BCUT2D eigenvalue weighted by Gasteiger charge is 2.38. The van der Waals surface area contributed by atoms with Gasteiger partial charge in [0, 0.05) is 17.7 Å². The number of ether oxygens (including phenoxy) is 1. The van der Waals surface area contributed by atoms with Crippen molar-refractivity contribution >= 4 is 23.5 Å². The van der Waals surface area contributed by atoms with E-state index in [-0.39, 0.29) is 30.8 Å². The Hall–Kier alpha value is -3.22. The first-order valence-electron chi connectivity index (χ1n) is 8.46. The Morgan fingerprint density at radius 3 is 2.67 bits per heavy atom. The molecular formula is C20H19FN2O4. The summed E-state index contributed by atoms with van der Waals surface area (Å²) in [6.45, 7) is 1.68. The molecule has 0 aliphatic carbocycles. The number of halogens is 1. The Morgan fingerprint density at radius 2 is 1.96 bits per heavy atom. The number of benzene rings is 2. The van der Waals surface area contributed by atoms with Crippen LogP contribution in [0.2, 0.25) is 0 Å². The quantitative estimate of drug-likeness (QED) is 0.809. The fourth-order valence-corrected chi connectivity index (χ4v) is 3.10. The van der Waals surface area contributed by atoms with E-state index < -0.39 is 23.4 Å². The van der Waals surface area contributed by atoms with Gasteiger partial charge in [0.25, 0.3) is 0 Å². The molecule has 2 aromatic rings. The zero-order chi connectivity index (χ0) is 19.4. The van der Waals surface area contributed by atoms with Crippen LogP contribution in [-0.4, -0.2) is 17.8 Å². The summed E-state index contributed by atoms with van der Waals surface area (Å²) in [6.07, 6.45) is -0.913. The van der Waals surface area contributed by atoms with Crippen LogP contribution < -0.4 is 10.6 Å². The number of hydrogen-bond donors (Lipinski definition) is 2. The molecule has 1 aliphatic rings. The summed E-state index contributed by atoms with van der Waals surface area (Å²) >= 11 is 0. The standard InChI is InChI=1S/C20H19FN2O4/c1-20(11-15(24)10-18(25)23-20)16-9-14(7-8-17(16)21)22-19(26)27-12-13-5-3-2-4-6-13/h2-9H,10-12H2,1H3,(H,22,26)(H,23,25)/t20-/m0/s1. The average Bonchev–Trinajstić information content (AvgIpc) is 2.61. The van der Waals surface area contributed by atoms with Crippen LogP contribution in [0.1, 0.15) is 30.9 Å². The second-order valence-corrected chi connectivity index (χ2v) is 6.65. The summed E-state index contributed by atoms with van der Waals surface area (Å²) in [4.78, 5) is 35.5. The summed E-state index contributed by atoms with van der Waals surface area (Å²) < 4.78 is 19.5. The second kappa shape index (κ2) is 7.57. The fraction of sp³-hybridized carbons (Fsp3) is 0.250. The number of anilines is 1. The normalized spacial score (nSPS) is 19.3. The molecule has 1 fully saturated rings. The van der Waals surface area contributed by atoms with Crippen molar-refractivity contribution in [2.45, 2.75) is 31.9 Å². The number of ketones is 1. The van der Waals surface area contributed by atoms with Crippen molar-refractivity contribution in [3.8, 4) is 0 Å². The topological polar surface area (TPSA) is 84.5 Å². The molecule has 3 rings (SSSR count). The third-order valence-corrected chi connectivity index (χ3v) is 4.34. The first-order valence-corrected chi connectivity index (χ1v) is 8.46. The Kier molecular flexibility index (Phi) is 5.21. The maximum absolute atomic E-state index is 14.4. The van der Waals surface area contributed by atoms with Gasteiger partial charge in [0.15, 0.2) is 0 Å². The van der Waals surface area contributed by atoms with Crippen molar-refractivity contribution in [2.24, 2.45) is 0 Å². The van der Waals surface area contributed by atoms with E-state index in [1.165, 1.54) is 18.2 Å². The van der Waals surface area contributed by atoms with Gasteiger partial charge in [-0.2, -0.15) is 0 Å². The summed E-state index contributed by atoms with van der Waals surface area (Å²) in [7, 11) is 0. The lowest BCUT2D eigenvalue weighted by atomic mass is 9.82. The van der Waals surface area contributed by atoms with E-state index in [1.54, 1.807) is 6.92 Å². The maximum atomic E-state index is 14.4. The Balaban J connectivity index is 1.72. The van der Waals surface area contributed by atoms with Gasteiger partial charge in [-0.1, -0.05) is 30.3 Å². The van der Waals surface area contributed by atoms with Crippen molar-refractivity contribution in [1.29, 1.82) is 0 Å². The molecule has 2 N–H and O–H groups in total. The Labute approximate surface area is 155 Å². The molecule has 2 amide bonds. The van der Waals surface area contributed by atoms with Crippen LogP contribution >= 0.6 is 0 Å². The number of nitrogens with one attached hydrogen (secondary N) is 2. The van der Waals surface area contributed by atoms with Crippen LogP contribution in [0.25, 0.3) is 0 Å². The van der Waals surface area contributed by atoms with E-state index >= 15 is 0 Å². The molecule has 1 aliphatic heterocycles. The zero-order valence-corrected chi connectivity index (χ0v) is 14.8. The monoisotopic (exact) mass is 370 g/mol. The fourth-order valence-electron chi connectivity index (χ4n) is 3.10. The lowest BCUT2D eigenvalue weighted by Gasteiger charge is -2.34. The van der Waals surface area contributed by atoms with E-state index in [4.69, 9.17) is 4.74 Å². The van der Waals surface area contributed by atoms with Gasteiger partial charge < -0.3 is 10.1 Å². The number of Topliss-reactive ketones (excluding diaryl/α,β-unsaturated/α-hetero) is 1. The van der Waals surface area contributed by atoms with Crippen LogP contribution in [0.4, 0.5) is 14.9 Å². The second-order valence-electron chi connectivity index (χ2n) is 6.65. The molecule has 0 saturated carbocycles. The van der Waals surface area contributed by atoms with Gasteiger partial charge in [0.2, 0.25) is 5.91 Å². The first-order chi connectivity index (χ1) is 12.9. The number of amides is 2. The lowest BCUT2D eigenvalue weighted by Crippen LogP contribution is -2.50. The average molecular weight is 370 g/mol. The number of carbonyl (C=O) groups is 3. The van der Waals surface area contributed by atoms with Crippen molar-refractivity contribution < 1.29 is 23.5 Å². The molecule has 0 aromatic heterocycles. The van der Waals surface area contributed by atoms with Crippen molar-refractivity contribution in [3.63, 3.8) is 0 Å². The largest absolute Gasteiger partial charge is 0.444 e. The van der Waals surface area contributed by atoms with Gasteiger partial charge in [-0.05, 0) is 30.7 Å². The van der Waals surface area contributed by atoms with E-state index in [0.29, 0.717) is 5.69 Å². The molecule has 7 heteroatoms. The minimum absolute atomic E-state index is 0.0163. The smallest absolute Gasteiger partial charge is 0.411 e. The van der Waals surface area contributed by atoms with E-state index in [1.807, 2.05) is 30.3 Å². The third-order valence-electron chi connectivity index (χ3n) is 4.34. The molecular weight excluding hydrogens is 351 g/mol. The molecule has 6 nitrogen and oxygen atoms in total. The van der Waals surface area contributed by atoms with Crippen LogP contribution in [0.15, 0.2) is 48.5 Å². The van der Waals surface area contributed by atoms with Gasteiger partial charge in [-0.3, -0.25) is 14.9 Å². The highest BCUT2D eigenvalue weighted by Crippen LogP contribution is 2.32. The molecule has 1 atom stereocenters. The lowest BCUT2D eigenvalue weighted by molar-refractivity contribution is -0.134. The summed E-state index contributed by atoms with van der Waals surface area (Å²) in [5.74, 6) is -1.29. The van der Waals surface area contributed by atoms with E-state index in [9.17, 15) is 18.8 Å². The van der Waals surface area contributed by atoms with Crippen molar-refractivity contribution in [1.82, 2.24) is 5.32 Å². The van der Waals surface area contributed by atoms with Crippen molar-refractivity contribution in [3.05, 3.63) is 65.5 Å². The number of carbonyl (C=O) groups excluding carboxylic acids is 3. The molecule has 140 valence electrons. The number of hydrogen-bond acceptors (Lipinski definition) is 4. The minimum Gasteiger partial charge on any atom is -0.444 e. The molecule has 27 heavy (non-hydrogen) atoms. The van der Waals surface area contributed by atoms with Crippen LogP contribution in [0.5, 0.6) is 0 Å². The molecule has 0 spiro atoms. The van der Waals surface area contributed by atoms with Gasteiger partial charge in [0.1, 0.15) is 18.2 Å². The van der Waals surface area contributed by atoms with Crippen LogP contribution in [0.3, 0.4) is 0 Å². The third kappa shape index (κ3) is 4.49. The number of piperidine rings is 1. The summed E-state index contributed by atoms with van der Waals surface area (Å²) in [5.41, 5.74) is 0.105. The predicted octanol–water partition coefficient (Wildman–Crippen LogP) is 3.27. The molecule has 0 unspecified atom stereocenters.